The van der Waals surface area contributed by atoms with Crippen LogP contribution in [-0.2, 0) is 0 Å². The number of aliphatic hydroxyl groups excluding tert-OH is 2. The number of halogens is 2. The highest BCUT2D eigenvalue weighted by atomic mass is 19.1. The lowest BCUT2D eigenvalue weighted by atomic mass is 10.2. The van der Waals surface area contributed by atoms with Gasteiger partial charge in [0, 0.05) is 38.3 Å². The van der Waals surface area contributed by atoms with Crippen molar-refractivity contribution in [2.75, 3.05) is 50.8 Å². The molecule has 0 spiro atoms. The summed E-state index contributed by atoms with van der Waals surface area (Å²) in [6.07, 6.45) is -1.08. The monoisotopic (exact) mass is 316 g/mol. The van der Waals surface area contributed by atoms with Crippen LogP contribution in [0, 0.1) is 11.6 Å². The standard InChI is InChI=1S/C15H22F2N2O3/c1-2-18-3-5-19(6-4-18)15-13(16)7-12(8-14(15)17)22-10-11(21)9-20/h7-8,11,20-21H,2-6,9-10H2,1H3. The topological polar surface area (TPSA) is 56.2 Å². The van der Waals surface area contributed by atoms with Crippen molar-refractivity contribution in [3.63, 3.8) is 0 Å². The molecule has 124 valence electrons. The van der Waals surface area contributed by atoms with Gasteiger partial charge >= 0.3 is 0 Å². The van der Waals surface area contributed by atoms with Crippen molar-refractivity contribution < 1.29 is 23.7 Å². The Balaban J connectivity index is 2.07. The first-order valence-electron chi connectivity index (χ1n) is 7.43. The number of anilines is 1. The third-order valence-electron chi connectivity index (χ3n) is 3.78. The van der Waals surface area contributed by atoms with Gasteiger partial charge in [0.15, 0.2) is 11.6 Å². The molecule has 1 aliphatic heterocycles. The number of hydrogen-bond donors (Lipinski definition) is 2. The van der Waals surface area contributed by atoms with Gasteiger partial charge in [-0.15, -0.1) is 0 Å². The summed E-state index contributed by atoms with van der Waals surface area (Å²) in [6.45, 7) is 5.00. The van der Waals surface area contributed by atoms with E-state index in [2.05, 4.69) is 11.8 Å². The van der Waals surface area contributed by atoms with Crippen molar-refractivity contribution in [2.24, 2.45) is 0 Å². The predicted molar refractivity (Wildman–Crippen MR) is 79.3 cm³/mol. The number of ether oxygens (including phenoxy) is 1. The van der Waals surface area contributed by atoms with Gasteiger partial charge in [-0.2, -0.15) is 0 Å². The summed E-state index contributed by atoms with van der Waals surface area (Å²) < 4.78 is 33.5. The molecule has 0 aliphatic carbocycles. The Hall–Kier alpha value is -1.44. The second kappa shape index (κ2) is 7.71. The molecule has 1 saturated heterocycles. The normalized spacial score (nSPS) is 17.6. The third-order valence-corrected chi connectivity index (χ3v) is 3.78. The molecule has 0 amide bonds. The van der Waals surface area contributed by atoms with E-state index in [1.165, 1.54) is 0 Å². The first kappa shape index (κ1) is 16.9. The van der Waals surface area contributed by atoms with Gasteiger partial charge < -0.3 is 24.7 Å². The lowest BCUT2D eigenvalue weighted by molar-refractivity contribution is 0.0534. The summed E-state index contributed by atoms with van der Waals surface area (Å²) in [6, 6.07) is 2.21. The van der Waals surface area contributed by atoms with Crippen LogP contribution in [0.5, 0.6) is 5.75 Å². The first-order valence-corrected chi connectivity index (χ1v) is 7.43. The van der Waals surface area contributed by atoms with E-state index in [1.807, 2.05) is 0 Å². The molecule has 1 unspecified atom stereocenters. The number of rotatable bonds is 6. The van der Waals surface area contributed by atoms with Crippen molar-refractivity contribution in [2.45, 2.75) is 13.0 Å². The van der Waals surface area contributed by atoms with E-state index < -0.39 is 24.3 Å². The number of benzene rings is 1. The summed E-state index contributed by atoms with van der Waals surface area (Å²) in [5, 5.41) is 17.9. The Bertz CT molecular complexity index is 471. The molecule has 22 heavy (non-hydrogen) atoms. The van der Waals surface area contributed by atoms with Crippen molar-refractivity contribution in [1.29, 1.82) is 0 Å². The van der Waals surface area contributed by atoms with E-state index in [9.17, 15) is 13.9 Å². The van der Waals surface area contributed by atoms with Crippen LogP contribution in [0.2, 0.25) is 0 Å². The van der Waals surface area contributed by atoms with Crippen LogP contribution in [0.3, 0.4) is 0 Å². The van der Waals surface area contributed by atoms with Crippen LogP contribution in [0.15, 0.2) is 12.1 Å². The maximum atomic E-state index is 14.2. The van der Waals surface area contributed by atoms with Crippen LogP contribution < -0.4 is 9.64 Å². The van der Waals surface area contributed by atoms with Gasteiger partial charge in [0.2, 0.25) is 0 Å². The minimum absolute atomic E-state index is 0.00144. The molecule has 1 fully saturated rings. The maximum absolute atomic E-state index is 14.2. The molecule has 1 atom stereocenters. The molecule has 7 heteroatoms. The quantitative estimate of drug-likeness (QED) is 0.814. The van der Waals surface area contributed by atoms with Crippen molar-refractivity contribution in [3.8, 4) is 5.75 Å². The van der Waals surface area contributed by atoms with Crippen LogP contribution in [0.1, 0.15) is 6.92 Å². The number of aliphatic hydroxyl groups is 2. The number of piperazine rings is 1. The summed E-state index contributed by atoms with van der Waals surface area (Å²) in [5.41, 5.74) is -0.0363. The van der Waals surface area contributed by atoms with Crippen molar-refractivity contribution >= 4 is 5.69 Å². The largest absolute Gasteiger partial charge is 0.491 e. The Kier molecular flexibility index (Phi) is 5.93. The van der Waals surface area contributed by atoms with Gasteiger partial charge in [0.05, 0.1) is 6.61 Å². The van der Waals surface area contributed by atoms with Crippen molar-refractivity contribution in [3.05, 3.63) is 23.8 Å². The molecule has 2 rings (SSSR count). The van der Waals surface area contributed by atoms with Gasteiger partial charge in [-0.05, 0) is 6.54 Å². The molecule has 0 aromatic heterocycles. The van der Waals surface area contributed by atoms with Gasteiger partial charge in [-0.25, -0.2) is 8.78 Å². The maximum Gasteiger partial charge on any atom is 0.153 e. The first-order chi connectivity index (χ1) is 10.5. The smallest absolute Gasteiger partial charge is 0.153 e. The average Bonchev–Trinajstić information content (AvgIpc) is 2.52. The fourth-order valence-electron chi connectivity index (χ4n) is 2.46. The third kappa shape index (κ3) is 4.06. The molecule has 0 saturated carbocycles. The minimum Gasteiger partial charge on any atom is -0.491 e. The molecule has 0 radical (unpaired) electrons. The predicted octanol–water partition coefficient (Wildman–Crippen LogP) is 0.839. The fraction of sp³-hybridized carbons (Fsp3) is 0.600. The Labute approximate surface area is 128 Å². The van der Waals surface area contributed by atoms with Gasteiger partial charge in [-0.3, -0.25) is 0 Å². The summed E-state index contributed by atoms with van der Waals surface area (Å²) in [7, 11) is 0. The average molecular weight is 316 g/mol. The zero-order valence-electron chi connectivity index (χ0n) is 12.6. The van der Waals surface area contributed by atoms with Gasteiger partial charge in [0.25, 0.3) is 0 Å². The molecule has 1 heterocycles. The summed E-state index contributed by atoms with van der Waals surface area (Å²) in [5.74, 6) is -1.37. The Morgan fingerprint density at radius 1 is 1.18 bits per heavy atom. The molecule has 2 N–H and O–H groups in total. The second-order valence-electron chi connectivity index (χ2n) is 5.30. The Morgan fingerprint density at radius 3 is 2.27 bits per heavy atom. The Morgan fingerprint density at radius 2 is 1.77 bits per heavy atom. The zero-order chi connectivity index (χ0) is 16.1. The van der Waals surface area contributed by atoms with Gasteiger partial charge in [0.1, 0.15) is 24.1 Å². The number of likely N-dealkylation sites (N-methyl/N-ethyl adjacent to an activating group) is 1. The zero-order valence-corrected chi connectivity index (χ0v) is 12.6. The van der Waals surface area contributed by atoms with E-state index in [1.54, 1.807) is 4.90 Å². The lowest BCUT2D eigenvalue weighted by Gasteiger charge is -2.35. The van der Waals surface area contributed by atoms with E-state index in [0.29, 0.717) is 13.1 Å². The SMILES string of the molecule is CCN1CCN(c2c(F)cc(OCC(O)CO)cc2F)CC1. The fourth-order valence-corrected chi connectivity index (χ4v) is 2.46. The molecule has 5 nitrogen and oxygen atoms in total. The molecule has 0 bridgehead atoms. The number of hydrogen-bond acceptors (Lipinski definition) is 5. The van der Waals surface area contributed by atoms with Crippen LogP contribution in [0.4, 0.5) is 14.5 Å². The van der Waals surface area contributed by atoms with Crippen molar-refractivity contribution in [1.82, 2.24) is 4.90 Å². The highest BCUT2D eigenvalue weighted by Gasteiger charge is 2.22. The molecule has 1 aromatic carbocycles. The van der Waals surface area contributed by atoms with Crippen LogP contribution in [0.25, 0.3) is 0 Å². The summed E-state index contributed by atoms with van der Waals surface area (Å²) in [4.78, 5) is 3.92. The number of nitrogens with zero attached hydrogens (tertiary/aromatic N) is 2. The molecule has 1 aliphatic rings. The minimum atomic E-state index is -1.08. The highest BCUT2D eigenvalue weighted by molar-refractivity contribution is 5.52. The molecular formula is C15H22F2N2O3. The lowest BCUT2D eigenvalue weighted by Crippen LogP contribution is -2.46. The van der Waals surface area contributed by atoms with Crippen LogP contribution >= 0.6 is 0 Å². The van der Waals surface area contributed by atoms with Crippen LogP contribution in [-0.4, -0.2) is 67.2 Å². The highest BCUT2D eigenvalue weighted by Crippen LogP contribution is 2.29. The second-order valence-corrected chi connectivity index (χ2v) is 5.30. The molecule has 1 aromatic rings. The van der Waals surface area contributed by atoms with E-state index in [-0.39, 0.29) is 18.0 Å². The van der Waals surface area contributed by atoms with E-state index in [4.69, 9.17) is 9.84 Å². The summed E-state index contributed by atoms with van der Waals surface area (Å²) >= 11 is 0. The molecular weight excluding hydrogens is 294 g/mol. The van der Waals surface area contributed by atoms with E-state index in [0.717, 1.165) is 31.8 Å². The van der Waals surface area contributed by atoms with Gasteiger partial charge in [-0.1, -0.05) is 6.92 Å². The van der Waals surface area contributed by atoms with E-state index >= 15 is 0 Å².